The quantitative estimate of drug-likeness (QED) is 0.869. The summed E-state index contributed by atoms with van der Waals surface area (Å²) in [5.41, 5.74) is 1.35. The van der Waals surface area contributed by atoms with E-state index in [1.54, 1.807) is 0 Å². The van der Waals surface area contributed by atoms with Crippen LogP contribution in [0.1, 0.15) is 56.5 Å². The van der Waals surface area contributed by atoms with Crippen LogP contribution in [0.15, 0.2) is 0 Å². The van der Waals surface area contributed by atoms with Gasteiger partial charge in [0.25, 0.3) is 0 Å². The molecule has 4 heteroatoms. The fourth-order valence-electron chi connectivity index (χ4n) is 2.80. The lowest BCUT2D eigenvalue weighted by atomic mass is 10.00. The third-order valence-electron chi connectivity index (χ3n) is 4.44. The van der Waals surface area contributed by atoms with Crippen LogP contribution >= 0.6 is 11.3 Å². The lowest BCUT2D eigenvalue weighted by molar-refractivity contribution is 0.438. The average Bonchev–Trinajstić information content (AvgIpc) is 3.19. The van der Waals surface area contributed by atoms with Crippen molar-refractivity contribution in [2.75, 3.05) is 18.0 Å². The smallest absolute Gasteiger partial charge is 0.185 e. The van der Waals surface area contributed by atoms with Gasteiger partial charge in [-0.15, -0.1) is 11.3 Å². The molecule has 1 aromatic heterocycles. The van der Waals surface area contributed by atoms with Gasteiger partial charge < -0.3 is 10.2 Å². The standard InChI is InChI=1S/C16H27N3S/c1-3-4-14-15(11-17-13-5-6-13)20-16(18-14)19-9-7-12(2)8-10-19/h12-13,17H,3-11H2,1-2H3. The largest absolute Gasteiger partial charge is 0.348 e. The van der Waals surface area contributed by atoms with Crippen LogP contribution in [0.5, 0.6) is 0 Å². The van der Waals surface area contributed by atoms with E-state index in [0.717, 1.165) is 24.9 Å². The summed E-state index contributed by atoms with van der Waals surface area (Å²) in [5, 5.41) is 4.92. The van der Waals surface area contributed by atoms with Gasteiger partial charge in [-0.2, -0.15) is 0 Å². The van der Waals surface area contributed by atoms with E-state index in [0.29, 0.717) is 0 Å². The molecule has 0 atom stereocenters. The number of aromatic nitrogens is 1. The molecule has 112 valence electrons. The van der Waals surface area contributed by atoms with E-state index in [-0.39, 0.29) is 0 Å². The first-order valence-electron chi connectivity index (χ1n) is 8.23. The van der Waals surface area contributed by atoms with Crippen molar-refractivity contribution in [1.82, 2.24) is 10.3 Å². The van der Waals surface area contributed by atoms with Crippen LogP contribution in [0, 0.1) is 5.92 Å². The fraction of sp³-hybridized carbons (Fsp3) is 0.812. The van der Waals surface area contributed by atoms with Crippen LogP contribution in [-0.4, -0.2) is 24.1 Å². The van der Waals surface area contributed by atoms with Gasteiger partial charge in [0.1, 0.15) is 0 Å². The molecular weight excluding hydrogens is 266 g/mol. The SMILES string of the molecule is CCCc1nc(N2CCC(C)CC2)sc1CNC1CC1. The molecule has 2 fully saturated rings. The van der Waals surface area contributed by atoms with E-state index < -0.39 is 0 Å². The van der Waals surface area contributed by atoms with E-state index in [1.807, 2.05) is 11.3 Å². The van der Waals surface area contributed by atoms with Gasteiger partial charge in [-0.05, 0) is 38.0 Å². The number of anilines is 1. The van der Waals surface area contributed by atoms with Crippen molar-refractivity contribution in [1.29, 1.82) is 0 Å². The van der Waals surface area contributed by atoms with Gasteiger partial charge in [0.2, 0.25) is 0 Å². The second-order valence-electron chi connectivity index (χ2n) is 6.44. The Morgan fingerprint density at radius 3 is 2.65 bits per heavy atom. The number of nitrogens with zero attached hydrogens (tertiary/aromatic N) is 2. The molecule has 2 heterocycles. The Morgan fingerprint density at radius 1 is 1.25 bits per heavy atom. The highest BCUT2D eigenvalue weighted by Gasteiger charge is 2.23. The number of aryl methyl sites for hydroxylation is 1. The number of hydrogen-bond donors (Lipinski definition) is 1. The highest BCUT2D eigenvalue weighted by Crippen LogP contribution is 2.31. The number of hydrogen-bond acceptors (Lipinski definition) is 4. The van der Waals surface area contributed by atoms with Crippen LogP contribution in [0.4, 0.5) is 5.13 Å². The van der Waals surface area contributed by atoms with Crippen molar-refractivity contribution in [3.05, 3.63) is 10.6 Å². The zero-order valence-electron chi connectivity index (χ0n) is 12.8. The first-order chi connectivity index (χ1) is 9.76. The second-order valence-corrected chi connectivity index (χ2v) is 7.50. The average molecular weight is 293 g/mol. The van der Waals surface area contributed by atoms with Gasteiger partial charge in [-0.1, -0.05) is 20.3 Å². The molecule has 0 spiro atoms. The van der Waals surface area contributed by atoms with E-state index in [4.69, 9.17) is 4.98 Å². The zero-order chi connectivity index (χ0) is 13.9. The van der Waals surface area contributed by atoms with Crippen molar-refractivity contribution in [3.8, 4) is 0 Å². The van der Waals surface area contributed by atoms with Crippen molar-refractivity contribution < 1.29 is 0 Å². The highest BCUT2D eigenvalue weighted by atomic mass is 32.1. The molecule has 1 saturated carbocycles. The van der Waals surface area contributed by atoms with E-state index in [2.05, 4.69) is 24.1 Å². The van der Waals surface area contributed by atoms with Crippen LogP contribution < -0.4 is 10.2 Å². The predicted molar refractivity (Wildman–Crippen MR) is 86.6 cm³/mol. The summed E-state index contributed by atoms with van der Waals surface area (Å²) < 4.78 is 0. The second kappa shape index (κ2) is 6.44. The van der Waals surface area contributed by atoms with Crippen molar-refractivity contribution in [2.24, 2.45) is 5.92 Å². The summed E-state index contributed by atoms with van der Waals surface area (Å²) in [7, 11) is 0. The van der Waals surface area contributed by atoms with Crippen LogP contribution in [0.2, 0.25) is 0 Å². The molecule has 1 aliphatic heterocycles. The molecule has 2 aliphatic rings. The minimum atomic E-state index is 0.783. The molecule has 0 unspecified atom stereocenters. The summed E-state index contributed by atoms with van der Waals surface area (Å²) in [6.07, 6.45) is 7.67. The summed E-state index contributed by atoms with van der Waals surface area (Å²) in [6.45, 7) is 8.03. The number of nitrogens with one attached hydrogen (secondary N) is 1. The van der Waals surface area contributed by atoms with Crippen molar-refractivity contribution >= 4 is 16.5 Å². The molecule has 0 bridgehead atoms. The molecule has 3 nitrogen and oxygen atoms in total. The Labute approximate surface area is 126 Å². The van der Waals surface area contributed by atoms with Crippen LogP contribution in [-0.2, 0) is 13.0 Å². The lowest BCUT2D eigenvalue weighted by Crippen LogP contribution is -2.32. The molecule has 1 aliphatic carbocycles. The highest BCUT2D eigenvalue weighted by molar-refractivity contribution is 7.15. The zero-order valence-corrected chi connectivity index (χ0v) is 13.6. The summed E-state index contributed by atoms with van der Waals surface area (Å²) in [4.78, 5) is 8.93. The molecule has 0 amide bonds. The lowest BCUT2D eigenvalue weighted by Gasteiger charge is -2.29. The van der Waals surface area contributed by atoms with E-state index in [1.165, 1.54) is 60.9 Å². The van der Waals surface area contributed by atoms with Gasteiger partial charge >= 0.3 is 0 Å². The van der Waals surface area contributed by atoms with Crippen LogP contribution in [0.25, 0.3) is 0 Å². The minimum Gasteiger partial charge on any atom is -0.348 e. The molecular formula is C16H27N3S. The Morgan fingerprint density at radius 2 is 2.00 bits per heavy atom. The van der Waals surface area contributed by atoms with Gasteiger partial charge in [-0.3, -0.25) is 0 Å². The summed E-state index contributed by atoms with van der Waals surface area (Å²) in [5.74, 6) is 0.886. The Kier molecular flexibility index (Phi) is 4.61. The number of rotatable bonds is 6. The van der Waals surface area contributed by atoms with Crippen molar-refractivity contribution in [3.63, 3.8) is 0 Å². The normalized spacial score (nSPS) is 20.6. The van der Waals surface area contributed by atoms with E-state index in [9.17, 15) is 0 Å². The number of thiazole rings is 1. The fourth-order valence-corrected chi connectivity index (χ4v) is 3.91. The Balaban J connectivity index is 1.68. The van der Waals surface area contributed by atoms with Gasteiger partial charge in [-0.25, -0.2) is 4.98 Å². The van der Waals surface area contributed by atoms with Gasteiger partial charge in [0, 0.05) is 30.6 Å². The van der Waals surface area contributed by atoms with Crippen LogP contribution in [0.3, 0.4) is 0 Å². The maximum atomic E-state index is 4.95. The first-order valence-corrected chi connectivity index (χ1v) is 9.04. The predicted octanol–water partition coefficient (Wildman–Crippen LogP) is 3.58. The molecule has 0 aromatic carbocycles. The van der Waals surface area contributed by atoms with Gasteiger partial charge in [0.05, 0.1) is 5.69 Å². The summed E-state index contributed by atoms with van der Waals surface area (Å²) >= 11 is 1.93. The molecule has 20 heavy (non-hydrogen) atoms. The summed E-state index contributed by atoms with van der Waals surface area (Å²) in [6, 6.07) is 0.783. The molecule has 3 rings (SSSR count). The molecule has 0 radical (unpaired) electrons. The maximum absolute atomic E-state index is 4.95. The third kappa shape index (κ3) is 3.53. The topological polar surface area (TPSA) is 28.2 Å². The maximum Gasteiger partial charge on any atom is 0.185 e. The molecule has 1 N–H and O–H groups in total. The van der Waals surface area contributed by atoms with Gasteiger partial charge in [0.15, 0.2) is 5.13 Å². The Hall–Kier alpha value is -0.610. The number of piperidine rings is 1. The minimum absolute atomic E-state index is 0.783. The monoisotopic (exact) mass is 293 g/mol. The third-order valence-corrected chi connectivity index (χ3v) is 5.59. The van der Waals surface area contributed by atoms with E-state index >= 15 is 0 Å². The first kappa shape index (κ1) is 14.3. The Bertz CT molecular complexity index is 431. The molecule has 1 aromatic rings. The van der Waals surface area contributed by atoms with Crippen molar-refractivity contribution in [2.45, 2.75) is 65.0 Å². The molecule has 1 saturated heterocycles.